The van der Waals surface area contributed by atoms with Gasteiger partial charge in [-0.05, 0) is 68.8 Å². The Bertz CT molecular complexity index is 2790. The van der Waals surface area contributed by atoms with Gasteiger partial charge in [-0.1, -0.05) is 72.8 Å². The van der Waals surface area contributed by atoms with Crippen molar-refractivity contribution in [3.05, 3.63) is 186 Å². The number of hydrogen-bond donors (Lipinski definition) is 2. The number of benzene rings is 6. The molecule has 20 heteroatoms. The lowest BCUT2D eigenvalue weighted by Gasteiger charge is -2.22. The predicted molar refractivity (Wildman–Crippen MR) is 238 cm³/mol. The van der Waals surface area contributed by atoms with Crippen LogP contribution in [0, 0.1) is 20.2 Å². The summed E-state index contributed by atoms with van der Waals surface area (Å²) >= 11 is 0. The van der Waals surface area contributed by atoms with Crippen molar-refractivity contribution >= 4 is 43.2 Å². The molecule has 1 aliphatic carbocycles. The van der Waals surface area contributed by atoms with Gasteiger partial charge in [0.15, 0.2) is 13.2 Å². The van der Waals surface area contributed by atoms with Gasteiger partial charge in [0.1, 0.15) is 23.0 Å². The maximum atomic E-state index is 13.2. The van der Waals surface area contributed by atoms with Crippen LogP contribution < -0.4 is 28.4 Å². The van der Waals surface area contributed by atoms with Crippen LogP contribution in [-0.2, 0) is 55.3 Å². The number of fused-ring (bicyclic) bond motifs is 8. The molecule has 7 rings (SSSR count). The number of nitro groups is 2. The maximum Gasteiger partial charge on any atom is 0.271 e. The number of amides is 2. The van der Waals surface area contributed by atoms with Crippen LogP contribution in [0.4, 0.5) is 11.4 Å². The van der Waals surface area contributed by atoms with E-state index < -0.39 is 54.9 Å². The first-order valence-corrected chi connectivity index (χ1v) is 22.9. The zero-order valence-corrected chi connectivity index (χ0v) is 36.8. The Morgan fingerprint density at radius 3 is 0.970 bits per heavy atom. The van der Waals surface area contributed by atoms with Gasteiger partial charge < -0.3 is 18.9 Å². The summed E-state index contributed by atoms with van der Waals surface area (Å²) in [4.78, 5) is 46.6. The fourth-order valence-electron chi connectivity index (χ4n) is 7.63. The molecule has 2 N–H and O–H groups in total. The summed E-state index contributed by atoms with van der Waals surface area (Å²) in [5.74, 6) is -0.299. The second-order valence-electron chi connectivity index (χ2n) is 14.9. The molecule has 18 nitrogen and oxygen atoms in total. The van der Waals surface area contributed by atoms with Crippen LogP contribution in [0.5, 0.6) is 23.0 Å². The highest BCUT2D eigenvalue weighted by atomic mass is 32.2. The fraction of sp³-hybridized carbons (Fsp3) is 0.174. The first kappa shape index (κ1) is 46.2. The fourth-order valence-corrected chi connectivity index (χ4v) is 9.57. The Morgan fingerprint density at radius 2 is 0.727 bits per heavy atom. The predicted octanol–water partition coefficient (Wildman–Crippen LogP) is 5.96. The van der Waals surface area contributed by atoms with Crippen molar-refractivity contribution in [1.29, 1.82) is 0 Å². The van der Waals surface area contributed by atoms with Gasteiger partial charge in [0.25, 0.3) is 43.2 Å². The van der Waals surface area contributed by atoms with Crippen LogP contribution in [0.3, 0.4) is 0 Å². The quantitative estimate of drug-likeness (QED) is 0.0943. The molecule has 0 spiro atoms. The lowest BCUT2D eigenvalue weighted by atomic mass is 9.91. The van der Waals surface area contributed by atoms with Crippen molar-refractivity contribution in [2.75, 3.05) is 27.4 Å². The smallest absolute Gasteiger partial charge is 0.271 e. The average Bonchev–Trinajstić information content (AvgIpc) is 3.28. The van der Waals surface area contributed by atoms with Crippen LogP contribution in [0.15, 0.2) is 131 Å². The average molecular weight is 937 g/mol. The van der Waals surface area contributed by atoms with E-state index in [1.54, 1.807) is 0 Å². The highest BCUT2D eigenvalue weighted by Gasteiger charge is 2.25. The number of nitrogens with one attached hydrogen (secondary N) is 2. The summed E-state index contributed by atoms with van der Waals surface area (Å²) in [7, 11) is -5.78. The number of nitrogens with zero attached hydrogens (tertiary/aromatic N) is 2. The van der Waals surface area contributed by atoms with Crippen molar-refractivity contribution < 1.29 is 55.2 Å². The molecule has 1 aliphatic rings. The molecule has 0 radical (unpaired) electrons. The van der Waals surface area contributed by atoms with E-state index >= 15 is 0 Å². The van der Waals surface area contributed by atoms with E-state index in [1.807, 2.05) is 82.2 Å². The van der Waals surface area contributed by atoms with E-state index in [2.05, 4.69) is 0 Å². The third kappa shape index (κ3) is 10.4. The number of carbonyl (C=O) groups is 2. The molecule has 0 saturated heterocycles. The summed E-state index contributed by atoms with van der Waals surface area (Å²) in [5.41, 5.74) is 4.81. The van der Waals surface area contributed by atoms with Crippen molar-refractivity contribution in [1.82, 2.24) is 9.44 Å². The molecule has 66 heavy (non-hydrogen) atoms. The number of ether oxygens (including phenoxy) is 4. The van der Waals surface area contributed by atoms with Gasteiger partial charge in [0.05, 0.1) is 33.9 Å². The Labute approximate surface area is 378 Å². The SMILES string of the molecule is COc1c2cccc1Cc1cccc(c1OCC(=O)NS(=O)(=O)c1ccc([N+](=O)[O-])cc1)Cc1cccc(c1OC)Cc1cccc(c1OCC(=O)NS(=O)(=O)c1ccc([N+](=O)[O-])cc1)C2. The van der Waals surface area contributed by atoms with E-state index in [4.69, 9.17) is 18.9 Å². The van der Waals surface area contributed by atoms with Gasteiger partial charge in [0.2, 0.25) is 0 Å². The van der Waals surface area contributed by atoms with Crippen LogP contribution in [0.2, 0.25) is 0 Å². The minimum absolute atomic E-state index is 0.229. The van der Waals surface area contributed by atoms with E-state index in [-0.39, 0.29) is 46.8 Å². The molecule has 0 aliphatic heterocycles. The van der Waals surface area contributed by atoms with E-state index in [0.29, 0.717) is 45.3 Å². The number of non-ortho nitro benzene ring substituents is 2. The van der Waals surface area contributed by atoms with E-state index in [9.17, 15) is 46.7 Å². The molecule has 2 amide bonds. The molecule has 0 fully saturated rings. The molecule has 8 bridgehead atoms. The van der Waals surface area contributed by atoms with Gasteiger partial charge >= 0.3 is 0 Å². The number of sulfonamides is 2. The first-order valence-electron chi connectivity index (χ1n) is 19.9. The summed E-state index contributed by atoms with van der Waals surface area (Å²) in [6, 6.07) is 30.2. The van der Waals surface area contributed by atoms with Crippen LogP contribution >= 0.6 is 0 Å². The number of hydrogen-bond acceptors (Lipinski definition) is 14. The summed E-state index contributed by atoms with van der Waals surface area (Å²) in [5, 5.41) is 22.2. The zero-order chi connectivity index (χ0) is 47.2. The van der Waals surface area contributed by atoms with Crippen molar-refractivity contribution in [2.24, 2.45) is 0 Å². The minimum Gasteiger partial charge on any atom is -0.496 e. The molecule has 6 aromatic carbocycles. The van der Waals surface area contributed by atoms with Crippen LogP contribution in [0.25, 0.3) is 0 Å². The largest absolute Gasteiger partial charge is 0.496 e. The van der Waals surface area contributed by atoms with E-state index in [0.717, 1.165) is 70.8 Å². The molecule has 0 atom stereocenters. The minimum atomic E-state index is -4.41. The first-order chi connectivity index (χ1) is 31.6. The third-order valence-corrected chi connectivity index (χ3v) is 13.3. The number of rotatable bonds is 14. The summed E-state index contributed by atoms with van der Waals surface area (Å²) in [6.07, 6.45) is 0.916. The monoisotopic (exact) mass is 936 g/mol. The number of para-hydroxylation sites is 4. The molecule has 340 valence electrons. The standard InChI is InChI=1S/C46H40N4O14S2/c1-61-43-29-7-3-8-30(43)24-34-12-6-14-36(46(34)64-28-42(52)48-66(59,60)40-21-17-38(18-22-40)50(55)56)26-32-10-4-9-31(44(32)62-2)25-35-13-5-11-33(23-29)45(35)63-27-41(51)47-65(57,58)39-19-15-37(16-20-39)49(53)54/h3-22H,23-28H2,1-2H3,(H,47,51)(H,48,52). The summed E-state index contributed by atoms with van der Waals surface area (Å²) in [6.45, 7) is -1.41. The lowest BCUT2D eigenvalue weighted by Crippen LogP contribution is -2.34. The number of methoxy groups -OCH3 is 2. The van der Waals surface area contributed by atoms with Crippen LogP contribution in [-0.4, -0.2) is 65.9 Å². The summed E-state index contributed by atoms with van der Waals surface area (Å²) < 4.78 is 80.6. The molecular weight excluding hydrogens is 897 g/mol. The van der Waals surface area contributed by atoms with Gasteiger partial charge in [-0.3, -0.25) is 29.8 Å². The van der Waals surface area contributed by atoms with Gasteiger partial charge in [0, 0.05) is 49.9 Å². The second-order valence-corrected chi connectivity index (χ2v) is 18.2. The lowest BCUT2D eigenvalue weighted by molar-refractivity contribution is -0.385. The topological polar surface area (TPSA) is 250 Å². The molecule has 0 heterocycles. The Balaban J connectivity index is 1.22. The Morgan fingerprint density at radius 1 is 0.470 bits per heavy atom. The van der Waals surface area contributed by atoms with E-state index in [1.165, 1.54) is 14.2 Å². The van der Waals surface area contributed by atoms with Crippen molar-refractivity contribution in [3.63, 3.8) is 0 Å². The Hall–Kier alpha value is -7.84. The maximum absolute atomic E-state index is 13.2. The molecular formula is C46H40N4O14S2. The number of carbonyl (C=O) groups excluding carboxylic acids is 2. The number of nitro benzene ring substituents is 2. The van der Waals surface area contributed by atoms with Crippen molar-refractivity contribution in [3.8, 4) is 23.0 Å². The molecule has 6 aromatic rings. The van der Waals surface area contributed by atoms with Crippen LogP contribution in [0.1, 0.15) is 44.5 Å². The third-order valence-electron chi connectivity index (χ3n) is 10.6. The second kappa shape index (κ2) is 19.5. The normalized spacial score (nSPS) is 12.3. The zero-order valence-electron chi connectivity index (χ0n) is 35.2. The van der Waals surface area contributed by atoms with Gasteiger partial charge in [-0.25, -0.2) is 26.3 Å². The molecule has 0 unspecified atom stereocenters. The molecule has 0 aromatic heterocycles. The van der Waals surface area contributed by atoms with Gasteiger partial charge in [-0.2, -0.15) is 0 Å². The Kier molecular flexibility index (Phi) is 13.6. The highest BCUT2D eigenvalue weighted by Crippen LogP contribution is 2.38. The van der Waals surface area contributed by atoms with Crippen molar-refractivity contribution in [2.45, 2.75) is 35.5 Å². The highest BCUT2D eigenvalue weighted by molar-refractivity contribution is 7.90. The molecule has 0 saturated carbocycles. The van der Waals surface area contributed by atoms with Gasteiger partial charge in [-0.15, -0.1) is 0 Å².